The molecule has 3 N–H and O–H groups in total. The van der Waals surface area contributed by atoms with Crippen molar-refractivity contribution in [3.05, 3.63) is 112 Å². The normalized spacial score (nSPS) is 16.3. The standard InChI is InChI=1S/C29H24BrClN6O/c30-23-17-33-37-27(15-26(35-28(23)37)21-11-4-5-12-24(21)31)32-16-18-7-6-10-20(13-18)34-29(38)36-25-14-22(25)19-8-2-1-3-9-19/h1-13,15,17,22,25,32H,14,16H2,(H2,34,36,38). The lowest BCUT2D eigenvalue weighted by Gasteiger charge is -2.13. The van der Waals surface area contributed by atoms with Gasteiger partial charge in [-0.15, -0.1) is 0 Å². The monoisotopic (exact) mass is 586 g/mol. The largest absolute Gasteiger partial charge is 0.366 e. The number of carbonyl (C=O) groups excluding carboxylic acids is 1. The predicted octanol–water partition coefficient (Wildman–Crippen LogP) is 7.10. The minimum absolute atomic E-state index is 0.164. The number of nitrogens with one attached hydrogen (secondary N) is 3. The van der Waals surface area contributed by atoms with Gasteiger partial charge in [-0.05, 0) is 51.7 Å². The molecule has 2 aromatic heterocycles. The van der Waals surface area contributed by atoms with Crippen LogP contribution in [0.3, 0.4) is 0 Å². The minimum Gasteiger partial charge on any atom is -0.366 e. The highest BCUT2D eigenvalue weighted by Gasteiger charge is 2.39. The van der Waals surface area contributed by atoms with Crippen LogP contribution in [-0.4, -0.2) is 26.7 Å². The quantitative estimate of drug-likeness (QED) is 0.190. The van der Waals surface area contributed by atoms with Gasteiger partial charge in [-0.2, -0.15) is 9.61 Å². The third-order valence-corrected chi connectivity index (χ3v) is 7.46. The van der Waals surface area contributed by atoms with Crippen LogP contribution in [0.2, 0.25) is 5.02 Å². The highest BCUT2D eigenvalue weighted by atomic mass is 79.9. The van der Waals surface area contributed by atoms with E-state index in [9.17, 15) is 4.79 Å². The number of rotatable bonds is 7. The van der Waals surface area contributed by atoms with Crippen molar-refractivity contribution >= 4 is 50.7 Å². The van der Waals surface area contributed by atoms with Crippen molar-refractivity contribution in [2.45, 2.75) is 24.9 Å². The van der Waals surface area contributed by atoms with Gasteiger partial charge < -0.3 is 16.0 Å². The van der Waals surface area contributed by atoms with Gasteiger partial charge in [0, 0.05) is 40.8 Å². The van der Waals surface area contributed by atoms with Gasteiger partial charge in [-0.1, -0.05) is 72.3 Å². The maximum absolute atomic E-state index is 12.6. The molecule has 2 unspecified atom stereocenters. The molecular formula is C29H24BrClN6O. The molecule has 2 heterocycles. The number of hydrogen-bond acceptors (Lipinski definition) is 4. The minimum atomic E-state index is -0.194. The smallest absolute Gasteiger partial charge is 0.319 e. The zero-order valence-corrected chi connectivity index (χ0v) is 22.6. The molecule has 2 atom stereocenters. The van der Waals surface area contributed by atoms with Gasteiger partial charge in [-0.3, -0.25) is 0 Å². The predicted molar refractivity (Wildman–Crippen MR) is 155 cm³/mol. The average Bonchev–Trinajstić information content (AvgIpc) is 3.60. The van der Waals surface area contributed by atoms with Crippen LogP contribution in [0.15, 0.2) is 95.6 Å². The van der Waals surface area contributed by atoms with Crippen molar-refractivity contribution in [1.82, 2.24) is 19.9 Å². The number of nitrogens with zero attached hydrogens (tertiary/aromatic N) is 3. The Kier molecular flexibility index (Phi) is 6.74. The van der Waals surface area contributed by atoms with Crippen molar-refractivity contribution in [3.63, 3.8) is 0 Å². The lowest BCUT2D eigenvalue weighted by Crippen LogP contribution is -2.31. The second-order valence-electron chi connectivity index (χ2n) is 9.25. The lowest BCUT2D eigenvalue weighted by atomic mass is 10.1. The first-order valence-electron chi connectivity index (χ1n) is 12.3. The van der Waals surface area contributed by atoms with E-state index in [2.05, 4.69) is 49.1 Å². The number of urea groups is 1. The summed E-state index contributed by atoms with van der Waals surface area (Å²) in [6.07, 6.45) is 2.68. The summed E-state index contributed by atoms with van der Waals surface area (Å²) < 4.78 is 2.54. The molecule has 38 heavy (non-hydrogen) atoms. The molecule has 1 aliphatic carbocycles. The Morgan fingerprint density at radius 1 is 1.03 bits per heavy atom. The number of hydrogen-bond donors (Lipinski definition) is 3. The Balaban J connectivity index is 1.14. The van der Waals surface area contributed by atoms with Crippen molar-refractivity contribution < 1.29 is 4.79 Å². The molecule has 190 valence electrons. The highest BCUT2D eigenvalue weighted by Crippen LogP contribution is 2.40. The zero-order valence-electron chi connectivity index (χ0n) is 20.2. The highest BCUT2D eigenvalue weighted by molar-refractivity contribution is 9.10. The van der Waals surface area contributed by atoms with Crippen LogP contribution < -0.4 is 16.0 Å². The number of amides is 2. The van der Waals surface area contributed by atoms with E-state index in [4.69, 9.17) is 16.6 Å². The molecule has 1 fully saturated rings. The fourth-order valence-corrected chi connectivity index (χ4v) is 5.16. The van der Waals surface area contributed by atoms with Crippen LogP contribution in [0, 0.1) is 0 Å². The van der Waals surface area contributed by atoms with Gasteiger partial charge in [0.15, 0.2) is 5.65 Å². The third kappa shape index (κ3) is 5.23. The Morgan fingerprint density at radius 2 is 1.84 bits per heavy atom. The lowest BCUT2D eigenvalue weighted by molar-refractivity contribution is 0.251. The Hall–Kier alpha value is -3.88. The molecule has 5 aromatic rings. The number of benzene rings is 3. The SMILES string of the molecule is O=C(Nc1cccc(CNc2cc(-c3ccccc3Cl)nc3c(Br)cnn23)c1)NC1CC1c1ccccc1. The molecule has 0 aliphatic heterocycles. The van der Waals surface area contributed by atoms with Crippen LogP contribution in [0.1, 0.15) is 23.5 Å². The third-order valence-electron chi connectivity index (χ3n) is 6.57. The summed E-state index contributed by atoms with van der Waals surface area (Å²) in [5.74, 6) is 1.15. The fraction of sp³-hybridized carbons (Fsp3) is 0.138. The number of halogens is 2. The summed E-state index contributed by atoms with van der Waals surface area (Å²) in [6, 6.07) is 27.6. The van der Waals surface area contributed by atoms with Gasteiger partial charge in [0.25, 0.3) is 0 Å². The van der Waals surface area contributed by atoms with Crippen LogP contribution in [0.5, 0.6) is 0 Å². The fourth-order valence-electron chi connectivity index (χ4n) is 4.58. The van der Waals surface area contributed by atoms with Crippen molar-refractivity contribution in [2.75, 3.05) is 10.6 Å². The number of anilines is 2. The summed E-state index contributed by atoms with van der Waals surface area (Å²) in [4.78, 5) is 17.4. The van der Waals surface area contributed by atoms with E-state index >= 15 is 0 Å². The van der Waals surface area contributed by atoms with E-state index in [0.717, 1.165) is 39.2 Å². The molecule has 0 saturated heterocycles. The van der Waals surface area contributed by atoms with Crippen LogP contribution in [0.25, 0.3) is 16.9 Å². The molecular weight excluding hydrogens is 564 g/mol. The summed E-state index contributed by atoms with van der Waals surface area (Å²) in [5.41, 5.74) is 5.27. The molecule has 7 nitrogen and oxygen atoms in total. The van der Waals surface area contributed by atoms with Gasteiger partial charge in [0.1, 0.15) is 5.82 Å². The number of fused-ring (bicyclic) bond motifs is 1. The number of aromatic nitrogens is 3. The van der Waals surface area contributed by atoms with Crippen LogP contribution >= 0.6 is 27.5 Å². The van der Waals surface area contributed by atoms with Crippen LogP contribution in [-0.2, 0) is 6.54 Å². The van der Waals surface area contributed by atoms with E-state index in [1.165, 1.54) is 5.56 Å². The first-order valence-corrected chi connectivity index (χ1v) is 13.5. The second kappa shape index (κ2) is 10.5. The Morgan fingerprint density at radius 3 is 2.68 bits per heavy atom. The Labute approximate surface area is 233 Å². The summed E-state index contributed by atoms with van der Waals surface area (Å²) in [6.45, 7) is 0.522. The molecule has 6 rings (SSSR count). The van der Waals surface area contributed by atoms with Gasteiger partial charge in [0.05, 0.1) is 16.4 Å². The molecule has 2 amide bonds. The molecule has 1 saturated carbocycles. The maximum atomic E-state index is 12.6. The van der Waals surface area contributed by atoms with Gasteiger partial charge >= 0.3 is 6.03 Å². The molecule has 0 bridgehead atoms. The van der Waals surface area contributed by atoms with Crippen molar-refractivity contribution in [3.8, 4) is 11.3 Å². The van der Waals surface area contributed by atoms with E-state index in [1.54, 1.807) is 10.7 Å². The van der Waals surface area contributed by atoms with E-state index < -0.39 is 0 Å². The molecule has 9 heteroatoms. The molecule has 1 aliphatic rings. The van der Waals surface area contributed by atoms with Gasteiger partial charge in [-0.25, -0.2) is 9.78 Å². The topological polar surface area (TPSA) is 83.3 Å². The average molecular weight is 588 g/mol. The maximum Gasteiger partial charge on any atom is 0.319 e. The molecule has 3 aromatic carbocycles. The number of carbonyl (C=O) groups is 1. The first kappa shape index (κ1) is 24.5. The van der Waals surface area contributed by atoms with E-state index in [-0.39, 0.29) is 12.1 Å². The van der Waals surface area contributed by atoms with Crippen LogP contribution in [0.4, 0.5) is 16.3 Å². The van der Waals surface area contributed by atoms with E-state index in [1.807, 2.05) is 72.8 Å². The molecule has 0 radical (unpaired) electrons. The summed E-state index contributed by atoms with van der Waals surface area (Å²) in [7, 11) is 0. The first-order chi connectivity index (χ1) is 18.5. The summed E-state index contributed by atoms with van der Waals surface area (Å²) >= 11 is 9.99. The Bertz CT molecular complexity index is 1620. The second-order valence-corrected chi connectivity index (χ2v) is 10.5. The van der Waals surface area contributed by atoms with Crippen molar-refractivity contribution in [1.29, 1.82) is 0 Å². The summed E-state index contributed by atoms with van der Waals surface area (Å²) in [5, 5.41) is 14.6. The zero-order chi connectivity index (χ0) is 26.1. The van der Waals surface area contributed by atoms with Gasteiger partial charge in [0.2, 0.25) is 0 Å². The van der Waals surface area contributed by atoms with Crippen molar-refractivity contribution in [2.24, 2.45) is 0 Å². The van der Waals surface area contributed by atoms with E-state index in [0.29, 0.717) is 23.1 Å². The molecule has 0 spiro atoms.